The molecule has 3 rings (SSSR count). The van der Waals surface area contributed by atoms with Gasteiger partial charge in [0.1, 0.15) is 0 Å². The molecule has 100 valence electrons. The number of rotatable bonds is 2. The van der Waals surface area contributed by atoms with E-state index in [4.69, 9.17) is 10.3 Å². The summed E-state index contributed by atoms with van der Waals surface area (Å²) in [6.45, 7) is 1.81. The van der Waals surface area contributed by atoms with Gasteiger partial charge in [-0.15, -0.1) is 0 Å². The van der Waals surface area contributed by atoms with Gasteiger partial charge >= 0.3 is 0 Å². The van der Waals surface area contributed by atoms with Crippen molar-refractivity contribution in [3.05, 3.63) is 52.6 Å². The molecule has 3 aromatic rings. The zero-order valence-corrected chi connectivity index (χ0v) is 10.8. The van der Waals surface area contributed by atoms with E-state index < -0.39 is 0 Å². The molecular weight excluding hydrogens is 256 g/mol. The van der Waals surface area contributed by atoms with Crippen LogP contribution in [0.15, 0.2) is 46.0 Å². The maximum atomic E-state index is 12.1. The maximum Gasteiger partial charge on any atom is 0.192 e. The molecule has 0 spiro atoms. The lowest BCUT2D eigenvalue weighted by Gasteiger charge is -2.01. The fourth-order valence-corrected chi connectivity index (χ4v) is 2.00. The van der Waals surface area contributed by atoms with Crippen LogP contribution in [0.3, 0.4) is 0 Å². The van der Waals surface area contributed by atoms with Gasteiger partial charge in [0.2, 0.25) is 0 Å². The summed E-state index contributed by atoms with van der Waals surface area (Å²) >= 11 is 0. The molecule has 0 aromatic carbocycles. The Bertz CT molecular complexity index is 806. The summed E-state index contributed by atoms with van der Waals surface area (Å²) in [5, 5.41) is 3.74. The maximum absolute atomic E-state index is 12.1. The fraction of sp³-hybridized carbons (Fsp3) is 0.0714. The van der Waals surface area contributed by atoms with Gasteiger partial charge < -0.3 is 15.2 Å². The normalized spacial score (nSPS) is 10.7. The molecule has 0 aliphatic carbocycles. The monoisotopic (exact) mass is 268 g/mol. The van der Waals surface area contributed by atoms with E-state index in [0.29, 0.717) is 22.6 Å². The fourth-order valence-electron chi connectivity index (χ4n) is 2.00. The van der Waals surface area contributed by atoms with Crippen LogP contribution >= 0.6 is 0 Å². The van der Waals surface area contributed by atoms with Crippen molar-refractivity contribution in [3.63, 3.8) is 0 Å². The first-order valence-electron chi connectivity index (χ1n) is 6.03. The number of nitrogens with two attached hydrogens (primary N) is 1. The van der Waals surface area contributed by atoms with Gasteiger partial charge in [-0.05, 0) is 19.1 Å². The summed E-state index contributed by atoms with van der Waals surface area (Å²) in [6.07, 6.45) is 3.23. The van der Waals surface area contributed by atoms with Gasteiger partial charge in [-0.3, -0.25) is 9.78 Å². The van der Waals surface area contributed by atoms with Gasteiger partial charge in [0, 0.05) is 24.2 Å². The van der Waals surface area contributed by atoms with Crippen molar-refractivity contribution in [2.45, 2.75) is 6.92 Å². The third-order valence-electron chi connectivity index (χ3n) is 2.94. The van der Waals surface area contributed by atoms with Gasteiger partial charge in [-0.2, -0.15) is 0 Å². The number of H-pyrrole nitrogens is 1. The van der Waals surface area contributed by atoms with Crippen molar-refractivity contribution in [1.29, 1.82) is 0 Å². The number of aromatic nitrogens is 3. The van der Waals surface area contributed by atoms with Gasteiger partial charge in [0.25, 0.3) is 0 Å². The number of nitrogens with one attached hydrogen (secondary N) is 1. The molecule has 0 bridgehead atoms. The molecule has 6 nitrogen and oxygen atoms in total. The third-order valence-corrected chi connectivity index (χ3v) is 2.94. The molecule has 6 heteroatoms. The number of aromatic amines is 1. The molecule has 0 aliphatic heterocycles. The Labute approximate surface area is 114 Å². The second-order valence-electron chi connectivity index (χ2n) is 4.38. The molecule has 3 aromatic heterocycles. The minimum absolute atomic E-state index is 0.158. The average Bonchev–Trinajstić information content (AvgIpc) is 2.81. The summed E-state index contributed by atoms with van der Waals surface area (Å²) in [7, 11) is 0. The molecule has 0 saturated carbocycles. The van der Waals surface area contributed by atoms with Crippen molar-refractivity contribution in [2.24, 2.45) is 0 Å². The zero-order chi connectivity index (χ0) is 14.1. The summed E-state index contributed by atoms with van der Waals surface area (Å²) < 4.78 is 5.22. The molecule has 3 heterocycles. The highest BCUT2D eigenvalue weighted by Gasteiger charge is 2.20. The van der Waals surface area contributed by atoms with Crippen LogP contribution in [-0.4, -0.2) is 15.1 Å². The summed E-state index contributed by atoms with van der Waals surface area (Å²) in [5.74, 6) is 0.529. The van der Waals surface area contributed by atoms with Crippen LogP contribution in [0, 0.1) is 6.92 Å². The summed E-state index contributed by atoms with van der Waals surface area (Å²) in [6, 6.07) is 6.91. The van der Waals surface area contributed by atoms with Crippen LogP contribution in [0.2, 0.25) is 0 Å². The Balaban J connectivity index is 2.24. The van der Waals surface area contributed by atoms with Crippen molar-refractivity contribution in [2.75, 3.05) is 5.73 Å². The van der Waals surface area contributed by atoms with Crippen molar-refractivity contribution < 1.29 is 4.52 Å². The highest BCUT2D eigenvalue weighted by Crippen LogP contribution is 2.33. The second-order valence-corrected chi connectivity index (χ2v) is 4.38. The van der Waals surface area contributed by atoms with E-state index in [-0.39, 0.29) is 11.2 Å². The zero-order valence-electron chi connectivity index (χ0n) is 10.8. The molecule has 0 fully saturated rings. The highest BCUT2D eigenvalue weighted by molar-refractivity contribution is 5.84. The van der Waals surface area contributed by atoms with Gasteiger partial charge in [-0.25, -0.2) is 0 Å². The lowest BCUT2D eigenvalue weighted by atomic mass is 10.1. The Hall–Kier alpha value is -2.89. The third kappa shape index (κ3) is 1.97. The van der Waals surface area contributed by atoms with Crippen LogP contribution < -0.4 is 11.2 Å². The van der Waals surface area contributed by atoms with Crippen LogP contribution in [0.25, 0.3) is 22.6 Å². The first-order chi connectivity index (χ1) is 9.66. The Morgan fingerprint density at radius 1 is 1.35 bits per heavy atom. The predicted molar refractivity (Wildman–Crippen MR) is 74.9 cm³/mol. The number of hydrogen-bond acceptors (Lipinski definition) is 5. The highest BCUT2D eigenvalue weighted by atomic mass is 16.5. The van der Waals surface area contributed by atoms with E-state index >= 15 is 0 Å². The first kappa shape index (κ1) is 12.2. The average molecular weight is 268 g/mol. The molecule has 3 N–H and O–H groups in total. The first-order valence-corrected chi connectivity index (χ1v) is 6.03. The molecule has 0 radical (unpaired) electrons. The van der Waals surface area contributed by atoms with E-state index in [1.165, 1.54) is 6.07 Å². The molecule has 0 amide bonds. The molecular formula is C14H12N4O2. The number of nitrogens with zero attached hydrogens (tertiary/aromatic N) is 2. The predicted octanol–water partition coefficient (Wildman–Crippen LogP) is 1.98. The number of pyridine rings is 2. The lowest BCUT2D eigenvalue weighted by Crippen LogP contribution is -2.05. The molecule has 20 heavy (non-hydrogen) atoms. The van der Waals surface area contributed by atoms with Crippen LogP contribution in [0.5, 0.6) is 0 Å². The number of anilines is 1. The van der Waals surface area contributed by atoms with Crippen LogP contribution in [-0.2, 0) is 0 Å². The van der Waals surface area contributed by atoms with E-state index in [1.807, 2.05) is 6.07 Å². The largest absolute Gasteiger partial charge is 0.380 e. The Morgan fingerprint density at radius 2 is 2.20 bits per heavy atom. The minimum Gasteiger partial charge on any atom is -0.380 e. The van der Waals surface area contributed by atoms with E-state index in [2.05, 4.69) is 15.1 Å². The smallest absolute Gasteiger partial charge is 0.192 e. The van der Waals surface area contributed by atoms with Gasteiger partial charge in [-0.1, -0.05) is 11.2 Å². The molecule has 0 saturated heterocycles. The van der Waals surface area contributed by atoms with E-state index in [1.54, 1.807) is 31.5 Å². The quantitative estimate of drug-likeness (QED) is 0.740. The molecule has 0 unspecified atom stereocenters. The van der Waals surface area contributed by atoms with E-state index in [0.717, 1.165) is 5.69 Å². The number of nitrogen functional groups attached to an aromatic ring is 1. The van der Waals surface area contributed by atoms with Crippen molar-refractivity contribution in [1.82, 2.24) is 15.1 Å². The van der Waals surface area contributed by atoms with E-state index in [9.17, 15) is 4.79 Å². The van der Waals surface area contributed by atoms with Crippen LogP contribution in [0.4, 0.5) is 5.82 Å². The molecule has 0 aliphatic rings. The SMILES string of the molecule is Cc1cc(=O)c(-c2onc(N)c2-c2ccccn2)c[nH]1. The van der Waals surface area contributed by atoms with Crippen LogP contribution in [0.1, 0.15) is 5.69 Å². The topological polar surface area (TPSA) is 97.8 Å². The van der Waals surface area contributed by atoms with Crippen molar-refractivity contribution in [3.8, 4) is 22.6 Å². The standard InChI is InChI=1S/C14H12N4O2/c1-8-6-11(19)9(7-17-8)13-12(14(15)18-20-13)10-4-2-3-5-16-10/h2-7H,1H3,(H2,15,18)(H,17,19). The lowest BCUT2D eigenvalue weighted by molar-refractivity contribution is 0.435. The number of aryl methyl sites for hydroxylation is 1. The van der Waals surface area contributed by atoms with Gasteiger partial charge in [0.15, 0.2) is 17.0 Å². The summed E-state index contributed by atoms with van der Waals surface area (Å²) in [5.41, 5.74) is 7.96. The second kappa shape index (κ2) is 4.65. The summed E-state index contributed by atoms with van der Waals surface area (Å²) in [4.78, 5) is 19.3. The molecule has 0 atom stereocenters. The van der Waals surface area contributed by atoms with Gasteiger partial charge in [0.05, 0.1) is 16.8 Å². The Morgan fingerprint density at radius 3 is 2.90 bits per heavy atom. The number of hydrogen-bond donors (Lipinski definition) is 2. The van der Waals surface area contributed by atoms with Crippen molar-refractivity contribution >= 4 is 5.82 Å². The minimum atomic E-state index is -0.158. The Kier molecular flexibility index (Phi) is 2.83.